The molecule has 1 fully saturated rings. The largest absolute Gasteiger partial charge is 0.314 e. The highest BCUT2D eigenvalue weighted by molar-refractivity contribution is 5.14. The van der Waals surface area contributed by atoms with Gasteiger partial charge in [-0.25, -0.2) is 0 Å². The highest BCUT2D eigenvalue weighted by Gasteiger charge is 2.21. The molecule has 2 N–H and O–H groups in total. The number of aryl methyl sites for hydroxylation is 2. The lowest BCUT2D eigenvalue weighted by Crippen LogP contribution is -2.35. The van der Waals surface area contributed by atoms with Gasteiger partial charge in [0.1, 0.15) is 0 Å². The zero-order valence-corrected chi connectivity index (χ0v) is 13.4. The van der Waals surface area contributed by atoms with Crippen molar-refractivity contribution in [2.45, 2.75) is 71.8 Å². The van der Waals surface area contributed by atoms with E-state index in [9.17, 15) is 0 Å². The maximum Gasteiger partial charge on any atom is 0.0522 e. The Bertz CT molecular complexity index is 383. The van der Waals surface area contributed by atoms with Crippen LogP contribution in [0.2, 0.25) is 0 Å². The molecule has 1 aromatic heterocycles. The molecule has 2 atom stereocenters. The molecule has 3 heteroatoms. The van der Waals surface area contributed by atoms with Gasteiger partial charge in [0.25, 0.3) is 0 Å². The second-order valence-electron chi connectivity index (χ2n) is 6.94. The van der Waals surface area contributed by atoms with Crippen molar-refractivity contribution in [1.82, 2.24) is 15.5 Å². The molecule has 2 unspecified atom stereocenters. The average Bonchev–Trinajstić information content (AvgIpc) is 2.80. The highest BCUT2D eigenvalue weighted by Crippen LogP contribution is 2.29. The quantitative estimate of drug-likeness (QED) is 0.743. The molecule has 20 heavy (non-hydrogen) atoms. The summed E-state index contributed by atoms with van der Waals surface area (Å²) < 4.78 is 0. The van der Waals surface area contributed by atoms with E-state index in [0.717, 1.165) is 30.8 Å². The maximum atomic E-state index is 4.08. The Hall–Kier alpha value is -0.830. The molecular weight excluding hydrogens is 246 g/mol. The molecule has 0 aliphatic heterocycles. The summed E-state index contributed by atoms with van der Waals surface area (Å²) in [6.07, 6.45) is 11.4. The Morgan fingerprint density at radius 3 is 2.95 bits per heavy atom. The molecule has 0 saturated heterocycles. The van der Waals surface area contributed by atoms with Crippen LogP contribution in [0.5, 0.6) is 0 Å². The number of nitrogens with zero attached hydrogens (tertiary/aromatic N) is 1. The van der Waals surface area contributed by atoms with Gasteiger partial charge in [-0.05, 0) is 63.0 Å². The van der Waals surface area contributed by atoms with E-state index in [0.29, 0.717) is 0 Å². The van der Waals surface area contributed by atoms with Crippen LogP contribution in [0.25, 0.3) is 0 Å². The van der Waals surface area contributed by atoms with Gasteiger partial charge in [-0.15, -0.1) is 0 Å². The molecule has 3 nitrogen and oxygen atoms in total. The van der Waals surface area contributed by atoms with Crippen LogP contribution in [-0.4, -0.2) is 22.8 Å². The Labute approximate surface area is 123 Å². The number of rotatable bonds is 7. The topological polar surface area (TPSA) is 40.7 Å². The smallest absolute Gasteiger partial charge is 0.0522 e. The minimum Gasteiger partial charge on any atom is -0.314 e. The van der Waals surface area contributed by atoms with Crippen LogP contribution in [0.15, 0.2) is 6.20 Å². The molecule has 0 aromatic carbocycles. The van der Waals surface area contributed by atoms with Crippen LogP contribution in [0.4, 0.5) is 0 Å². The zero-order valence-electron chi connectivity index (χ0n) is 13.4. The van der Waals surface area contributed by atoms with Crippen molar-refractivity contribution in [3.63, 3.8) is 0 Å². The minimum absolute atomic E-state index is 0.762. The van der Waals surface area contributed by atoms with Gasteiger partial charge in [0.15, 0.2) is 0 Å². The predicted octanol–water partition coefficient (Wildman–Crippen LogP) is 3.85. The van der Waals surface area contributed by atoms with Gasteiger partial charge >= 0.3 is 0 Å². The lowest BCUT2D eigenvalue weighted by atomic mass is 9.81. The van der Waals surface area contributed by atoms with Crippen LogP contribution in [-0.2, 0) is 6.42 Å². The van der Waals surface area contributed by atoms with Crippen LogP contribution in [0.3, 0.4) is 0 Å². The highest BCUT2D eigenvalue weighted by atomic mass is 15.1. The van der Waals surface area contributed by atoms with Gasteiger partial charge in [-0.2, -0.15) is 5.10 Å². The molecule has 114 valence electrons. The summed E-state index contributed by atoms with van der Waals surface area (Å²) in [6.45, 7) is 7.95. The van der Waals surface area contributed by atoms with E-state index in [2.05, 4.69) is 36.3 Å². The van der Waals surface area contributed by atoms with Crippen molar-refractivity contribution in [3.8, 4) is 0 Å². The van der Waals surface area contributed by atoms with Crippen molar-refractivity contribution < 1.29 is 0 Å². The van der Waals surface area contributed by atoms with Crippen molar-refractivity contribution in [1.29, 1.82) is 0 Å². The molecular formula is C17H31N3. The summed E-state index contributed by atoms with van der Waals surface area (Å²) in [5.41, 5.74) is 2.59. The summed E-state index contributed by atoms with van der Waals surface area (Å²) >= 11 is 0. The Morgan fingerprint density at radius 1 is 1.40 bits per heavy atom. The van der Waals surface area contributed by atoms with Gasteiger partial charge < -0.3 is 5.32 Å². The first-order valence-corrected chi connectivity index (χ1v) is 8.37. The fraction of sp³-hybridized carbons (Fsp3) is 0.824. The van der Waals surface area contributed by atoms with E-state index in [-0.39, 0.29) is 0 Å². The molecule has 1 heterocycles. The molecule has 1 saturated carbocycles. The first-order valence-electron chi connectivity index (χ1n) is 8.37. The number of aromatic amines is 1. The molecule has 2 rings (SSSR count). The van der Waals surface area contributed by atoms with Gasteiger partial charge in [-0.1, -0.05) is 26.7 Å². The Morgan fingerprint density at radius 2 is 2.25 bits per heavy atom. The van der Waals surface area contributed by atoms with Crippen molar-refractivity contribution in [2.75, 3.05) is 6.54 Å². The van der Waals surface area contributed by atoms with Gasteiger partial charge in [0, 0.05) is 11.7 Å². The van der Waals surface area contributed by atoms with Crippen molar-refractivity contribution in [3.05, 3.63) is 17.5 Å². The fourth-order valence-electron chi connectivity index (χ4n) is 3.57. The summed E-state index contributed by atoms with van der Waals surface area (Å²) in [5, 5.41) is 10.9. The average molecular weight is 277 g/mol. The molecule has 0 spiro atoms. The van der Waals surface area contributed by atoms with Gasteiger partial charge in [0.05, 0.1) is 6.20 Å². The summed E-state index contributed by atoms with van der Waals surface area (Å²) in [4.78, 5) is 0. The van der Waals surface area contributed by atoms with E-state index in [1.54, 1.807) is 0 Å². The van der Waals surface area contributed by atoms with Crippen LogP contribution >= 0.6 is 0 Å². The Kier molecular flexibility index (Phi) is 6.08. The third kappa shape index (κ3) is 4.93. The fourth-order valence-corrected chi connectivity index (χ4v) is 3.57. The van der Waals surface area contributed by atoms with Crippen LogP contribution in [0, 0.1) is 18.8 Å². The lowest BCUT2D eigenvalue weighted by Gasteiger charge is -2.31. The number of hydrogen-bond donors (Lipinski definition) is 2. The van der Waals surface area contributed by atoms with E-state index < -0.39 is 0 Å². The third-order valence-electron chi connectivity index (χ3n) is 4.58. The van der Waals surface area contributed by atoms with Crippen LogP contribution < -0.4 is 5.32 Å². The van der Waals surface area contributed by atoms with Gasteiger partial charge in [-0.3, -0.25) is 5.10 Å². The first kappa shape index (κ1) is 15.6. The van der Waals surface area contributed by atoms with E-state index in [1.807, 2.05) is 6.20 Å². The second-order valence-corrected chi connectivity index (χ2v) is 6.94. The van der Waals surface area contributed by atoms with Crippen LogP contribution in [0.1, 0.15) is 63.6 Å². The monoisotopic (exact) mass is 277 g/mol. The van der Waals surface area contributed by atoms with E-state index >= 15 is 0 Å². The zero-order chi connectivity index (χ0) is 14.4. The van der Waals surface area contributed by atoms with E-state index in [1.165, 1.54) is 49.8 Å². The number of nitrogens with one attached hydrogen (secondary N) is 2. The summed E-state index contributed by atoms with van der Waals surface area (Å²) in [5.74, 6) is 1.81. The molecule has 0 bridgehead atoms. The summed E-state index contributed by atoms with van der Waals surface area (Å²) in [6, 6.07) is 0.762. The minimum atomic E-state index is 0.762. The number of hydrogen-bond acceptors (Lipinski definition) is 2. The standard InChI is InChI=1S/C17H31N3/c1-13(2)10-15-6-4-8-17(11-15)18-9-5-7-16-12-19-20-14(16)3/h12-13,15,17-18H,4-11H2,1-3H3,(H,19,20). The number of H-pyrrole nitrogens is 1. The van der Waals surface area contributed by atoms with E-state index in [4.69, 9.17) is 0 Å². The lowest BCUT2D eigenvalue weighted by molar-refractivity contribution is 0.253. The summed E-state index contributed by atoms with van der Waals surface area (Å²) in [7, 11) is 0. The van der Waals surface area contributed by atoms with Crippen molar-refractivity contribution in [2.24, 2.45) is 11.8 Å². The first-order chi connectivity index (χ1) is 9.65. The maximum absolute atomic E-state index is 4.08. The molecule has 1 aromatic rings. The SMILES string of the molecule is Cc1[nH]ncc1CCCNC1CCCC(CC(C)C)C1. The Balaban J connectivity index is 1.62. The second kappa shape index (κ2) is 7.82. The molecule has 0 amide bonds. The third-order valence-corrected chi connectivity index (χ3v) is 4.58. The predicted molar refractivity (Wildman–Crippen MR) is 84.8 cm³/mol. The van der Waals surface area contributed by atoms with Crippen molar-refractivity contribution >= 4 is 0 Å². The number of aromatic nitrogens is 2. The molecule has 1 aliphatic rings. The molecule has 1 aliphatic carbocycles. The normalized spacial score (nSPS) is 23.4. The van der Waals surface area contributed by atoms with Gasteiger partial charge in [0.2, 0.25) is 0 Å². The molecule has 0 radical (unpaired) electrons.